The van der Waals surface area contributed by atoms with Crippen LogP contribution in [-0.2, 0) is 10.0 Å². The number of hydrogen-bond acceptors (Lipinski definition) is 4. The maximum absolute atomic E-state index is 12.2. The van der Waals surface area contributed by atoms with Crippen LogP contribution in [0.1, 0.15) is 16.8 Å². The molecule has 1 heterocycles. The molecule has 1 fully saturated rings. The van der Waals surface area contributed by atoms with Crippen LogP contribution >= 0.6 is 11.6 Å². The Morgan fingerprint density at radius 2 is 2.11 bits per heavy atom. The maximum Gasteiger partial charge on any atom is 0.337 e. The van der Waals surface area contributed by atoms with Crippen molar-refractivity contribution in [1.82, 2.24) is 4.31 Å². The molecule has 1 atom stereocenters. The molecule has 0 spiro atoms. The van der Waals surface area contributed by atoms with E-state index < -0.39 is 22.1 Å². The number of benzene rings is 1. The summed E-state index contributed by atoms with van der Waals surface area (Å²) in [6.07, 6.45) is -0.306. The standard InChI is InChI=1S/C11H12ClNO5S/c12-10-2-1-8(5-9(10)11(15)16)19(17,18)13-4-3-7(14)6-13/h1-2,5,7,14H,3-4,6H2,(H,15,16)/t7-/m0/s1. The van der Waals surface area contributed by atoms with E-state index in [-0.39, 0.29) is 28.6 Å². The van der Waals surface area contributed by atoms with Gasteiger partial charge in [0.05, 0.1) is 21.6 Å². The first kappa shape index (κ1) is 14.3. The molecule has 19 heavy (non-hydrogen) atoms. The summed E-state index contributed by atoms with van der Waals surface area (Å²) in [7, 11) is -3.79. The molecule has 1 saturated heterocycles. The average Bonchev–Trinajstić information content (AvgIpc) is 2.76. The number of rotatable bonds is 3. The van der Waals surface area contributed by atoms with Gasteiger partial charge in [0.2, 0.25) is 10.0 Å². The van der Waals surface area contributed by atoms with Crippen LogP contribution in [-0.4, -0.2) is 48.1 Å². The summed E-state index contributed by atoms with van der Waals surface area (Å²) in [5, 5.41) is 18.3. The summed E-state index contributed by atoms with van der Waals surface area (Å²) >= 11 is 5.69. The van der Waals surface area contributed by atoms with Gasteiger partial charge in [-0.15, -0.1) is 0 Å². The first-order valence-electron chi connectivity index (χ1n) is 5.53. The Hall–Kier alpha value is -1.15. The molecule has 104 valence electrons. The Bertz CT molecular complexity index is 616. The molecule has 2 N–H and O–H groups in total. The minimum atomic E-state index is -3.79. The van der Waals surface area contributed by atoms with E-state index in [1.54, 1.807) is 0 Å². The van der Waals surface area contributed by atoms with Gasteiger partial charge in [-0.3, -0.25) is 0 Å². The lowest BCUT2D eigenvalue weighted by Crippen LogP contribution is -2.29. The molecule has 1 aromatic rings. The van der Waals surface area contributed by atoms with Gasteiger partial charge >= 0.3 is 5.97 Å². The predicted molar refractivity (Wildman–Crippen MR) is 67.8 cm³/mol. The van der Waals surface area contributed by atoms with Gasteiger partial charge in [-0.1, -0.05) is 11.6 Å². The SMILES string of the molecule is O=C(O)c1cc(S(=O)(=O)N2CC[C@H](O)C2)ccc1Cl. The van der Waals surface area contributed by atoms with Crippen molar-refractivity contribution in [2.45, 2.75) is 17.4 Å². The Kier molecular flexibility index (Phi) is 3.82. The first-order chi connectivity index (χ1) is 8.82. The molecule has 0 unspecified atom stereocenters. The van der Waals surface area contributed by atoms with E-state index in [1.807, 2.05) is 0 Å². The van der Waals surface area contributed by atoms with Crippen molar-refractivity contribution in [3.05, 3.63) is 28.8 Å². The molecule has 1 aliphatic rings. The predicted octanol–water partition coefficient (Wildman–Crippen LogP) is 0.793. The van der Waals surface area contributed by atoms with E-state index in [9.17, 15) is 18.3 Å². The van der Waals surface area contributed by atoms with E-state index in [4.69, 9.17) is 16.7 Å². The number of carboxylic acids is 1. The Labute approximate surface area is 115 Å². The third-order valence-corrected chi connectivity index (χ3v) is 5.12. The highest BCUT2D eigenvalue weighted by Gasteiger charge is 2.32. The van der Waals surface area contributed by atoms with Gasteiger partial charge < -0.3 is 10.2 Å². The second-order valence-electron chi connectivity index (χ2n) is 4.25. The summed E-state index contributed by atoms with van der Waals surface area (Å²) in [4.78, 5) is 10.8. The van der Waals surface area contributed by atoms with Crippen molar-refractivity contribution < 1.29 is 23.4 Å². The molecule has 6 nitrogen and oxygen atoms in total. The van der Waals surface area contributed by atoms with Gasteiger partial charge in [-0.25, -0.2) is 13.2 Å². The van der Waals surface area contributed by atoms with Gasteiger partial charge in [0.25, 0.3) is 0 Å². The molecule has 0 saturated carbocycles. The van der Waals surface area contributed by atoms with E-state index in [1.165, 1.54) is 12.1 Å². The largest absolute Gasteiger partial charge is 0.478 e. The van der Waals surface area contributed by atoms with E-state index in [2.05, 4.69) is 0 Å². The molecule has 1 aliphatic heterocycles. The smallest absolute Gasteiger partial charge is 0.337 e. The number of sulfonamides is 1. The fourth-order valence-corrected chi connectivity index (χ4v) is 3.62. The number of aliphatic hydroxyl groups excluding tert-OH is 1. The van der Waals surface area contributed by atoms with Gasteiger partial charge in [0.15, 0.2) is 0 Å². The molecule has 1 aromatic carbocycles. The first-order valence-corrected chi connectivity index (χ1v) is 7.35. The zero-order chi connectivity index (χ0) is 14.2. The molecular weight excluding hydrogens is 294 g/mol. The normalized spacial score (nSPS) is 20.6. The Balaban J connectivity index is 2.41. The Morgan fingerprint density at radius 3 is 2.63 bits per heavy atom. The minimum absolute atomic E-state index is 0.0205. The third-order valence-electron chi connectivity index (χ3n) is 2.93. The van der Waals surface area contributed by atoms with Gasteiger partial charge in [0.1, 0.15) is 0 Å². The molecule has 0 aromatic heterocycles. The van der Waals surface area contributed by atoms with Crippen molar-refractivity contribution in [2.24, 2.45) is 0 Å². The number of β-amino-alcohol motifs (C(OH)–C–C–N with tert-alkyl or cyclic N) is 1. The van der Waals surface area contributed by atoms with Crippen molar-refractivity contribution >= 4 is 27.6 Å². The monoisotopic (exact) mass is 305 g/mol. The lowest BCUT2D eigenvalue weighted by atomic mass is 10.2. The van der Waals surface area contributed by atoms with E-state index in [0.29, 0.717) is 6.42 Å². The minimum Gasteiger partial charge on any atom is -0.478 e. The fourth-order valence-electron chi connectivity index (χ4n) is 1.91. The summed E-state index contributed by atoms with van der Waals surface area (Å²) in [5.41, 5.74) is -0.262. The maximum atomic E-state index is 12.2. The number of aliphatic hydroxyl groups is 1. The highest BCUT2D eigenvalue weighted by Crippen LogP contribution is 2.25. The number of nitrogens with zero attached hydrogens (tertiary/aromatic N) is 1. The second kappa shape index (κ2) is 5.09. The van der Waals surface area contributed by atoms with Crippen molar-refractivity contribution in [2.75, 3.05) is 13.1 Å². The molecular formula is C11H12ClNO5S. The van der Waals surface area contributed by atoms with Crippen LogP contribution in [0.15, 0.2) is 23.1 Å². The number of halogens is 1. The molecule has 0 amide bonds. The fraction of sp³-hybridized carbons (Fsp3) is 0.364. The molecule has 2 rings (SSSR count). The summed E-state index contributed by atoms with van der Waals surface area (Å²) in [5.74, 6) is -1.29. The third kappa shape index (κ3) is 2.74. The number of carboxylic acid groups (broad SMARTS) is 1. The zero-order valence-corrected chi connectivity index (χ0v) is 11.4. The van der Waals surface area contributed by atoms with Crippen LogP contribution in [0.5, 0.6) is 0 Å². The topological polar surface area (TPSA) is 94.9 Å². The lowest BCUT2D eigenvalue weighted by molar-refractivity contribution is 0.0697. The van der Waals surface area contributed by atoms with Crippen LogP contribution < -0.4 is 0 Å². The lowest BCUT2D eigenvalue weighted by Gasteiger charge is -2.16. The van der Waals surface area contributed by atoms with Crippen LogP contribution in [0.3, 0.4) is 0 Å². The van der Waals surface area contributed by atoms with Crippen molar-refractivity contribution in [3.63, 3.8) is 0 Å². The molecule has 0 aliphatic carbocycles. The van der Waals surface area contributed by atoms with E-state index in [0.717, 1.165) is 10.4 Å². The average molecular weight is 306 g/mol. The van der Waals surface area contributed by atoms with Crippen LogP contribution in [0.25, 0.3) is 0 Å². The second-order valence-corrected chi connectivity index (χ2v) is 6.60. The number of hydrogen-bond donors (Lipinski definition) is 2. The highest BCUT2D eigenvalue weighted by molar-refractivity contribution is 7.89. The van der Waals surface area contributed by atoms with Crippen molar-refractivity contribution in [1.29, 1.82) is 0 Å². The summed E-state index contributed by atoms with van der Waals surface area (Å²) < 4.78 is 25.6. The zero-order valence-electron chi connectivity index (χ0n) is 9.78. The Morgan fingerprint density at radius 1 is 1.42 bits per heavy atom. The number of aromatic carboxylic acids is 1. The summed E-state index contributed by atoms with van der Waals surface area (Å²) in [6.45, 7) is 0.238. The highest BCUT2D eigenvalue weighted by atomic mass is 35.5. The van der Waals surface area contributed by atoms with E-state index >= 15 is 0 Å². The van der Waals surface area contributed by atoms with Gasteiger partial charge in [-0.2, -0.15) is 4.31 Å². The molecule has 8 heteroatoms. The number of carbonyl (C=O) groups is 1. The molecule has 0 radical (unpaired) electrons. The molecule has 0 bridgehead atoms. The summed E-state index contributed by atoms with van der Waals surface area (Å²) in [6, 6.07) is 3.53. The van der Waals surface area contributed by atoms with Crippen LogP contribution in [0.4, 0.5) is 0 Å². The van der Waals surface area contributed by atoms with Crippen molar-refractivity contribution in [3.8, 4) is 0 Å². The quantitative estimate of drug-likeness (QED) is 0.861. The van der Waals surface area contributed by atoms with Gasteiger partial charge in [0, 0.05) is 13.1 Å². The van der Waals surface area contributed by atoms with Gasteiger partial charge in [-0.05, 0) is 24.6 Å². The van der Waals surface area contributed by atoms with Crippen LogP contribution in [0, 0.1) is 0 Å². The van der Waals surface area contributed by atoms with Crippen LogP contribution in [0.2, 0.25) is 5.02 Å².